The number of amides is 1. The standard InChI is InChI=1S/C40H55NO9/c1-10-22-47-38(46)32(27(2)3)25-34(42)33(20-21-35(43)50-40(7,8)9)41-37(45)30(24-36(44)48-26-29-14-12-11-13-15-29)23-28-16-18-31(19-17-28)49-39(4,5)6/h10-19,27,30,32-33H,1,20-26H2,2-9H3,(H,41,45)/t30-,32+,33+/m1/s1. The number of rotatable bonds is 19. The number of ether oxygens (including phenoxy) is 4. The summed E-state index contributed by atoms with van der Waals surface area (Å²) >= 11 is 0. The van der Waals surface area contributed by atoms with Gasteiger partial charge < -0.3 is 24.3 Å². The number of hydrogen-bond donors (Lipinski definition) is 1. The second kappa shape index (κ2) is 19.6. The van der Waals surface area contributed by atoms with Crippen LogP contribution in [0.1, 0.15) is 92.2 Å². The van der Waals surface area contributed by atoms with Crippen LogP contribution >= 0.6 is 0 Å². The van der Waals surface area contributed by atoms with E-state index in [-0.39, 0.29) is 51.2 Å². The van der Waals surface area contributed by atoms with Crippen molar-refractivity contribution in [2.45, 2.75) is 111 Å². The molecule has 0 spiro atoms. The van der Waals surface area contributed by atoms with Gasteiger partial charge in [-0.25, -0.2) is 0 Å². The molecule has 0 aliphatic rings. The zero-order chi connectivity index (χ0) is 37.5. The first kappa shape index (κ1) is 41.7. The van der Waals surface area contributed by atoms with Crippen LogP contribution in [0.3, 0.4) is 0 Å². The van der Waals surface area contributed by atoms with E-state index < -0.39 is 58.7 Å². The highest BCUT2D eigenvalue weighted by Gasteiger charge is 2.33. The van der Waals surface area contributed by atoms with E-state index in [1.165, 1.54) is 6.08 Å². The molecular formula is C40H55NO9. The van der Waals surface area contributed by atoms with Crippen molar-refractivity contribution in [3.63, 3.8) is 0 Å². The van der Waals surface area contributed by atoms with Crippen molar-refractivity contribution in [1.82, 2.24) is 5.32 Å². The summed E-state index contributed by atoms with van der Waals surface area (Å²) in [6.07, 6.45) is 0.922. The van der Waals surface area contributed by atoms with Gasteiger partial charge in [-0.1, -0.05) is 69.0 Å². The first-order valence-electron chi connectivity index (χ1n) is 17.2. The van der Waals surface area contributed by atoms with Gasteiger partial charge in [-0.2, -0.15) is 0 Å². The third-order valence-corrected chi connectivity index (χ3v) is 7.49. The smallest absolute Gasteiger partial charge is 0.309 e. The zero-order valence-corrected chi connectivity index (χ0v) is 30.9. The number of Topliss-reactive ketones (excluding diaryl/α,β-unsaturated/α-hetero) is 1. The van der Waals surface area contributed by atoms with Crippen LogP contribution in [0.5, 0.6) is 5.75 Å². The number of carbonyl (C=O) groups is 5. The summed E-state index contributed by atoms with van der Waals surface area (Å²) in [5, 5.41) is 2.81. The maximum absolute atomic E-state index is 14.0. The Balaban J connectivity index is 2.34. The van der Waals surface area contributed by atoms with Crippen molar-refractivity contribution in [3.8, 4) is 5.75 Å². The minimum absolute atomic E-state index is 0.000411. The maximum Gasteiger partial charge on any atom is 0.309 e. The number of carbonyl (C=O) groups excluding carboxylic acids is 5. The normalized spacial score (nSPS) is 13.4. The molecule has 0 aromatic heterocycles. The molecule has 0 saturated carbocycles. The minimum Gasteiger partial charge on any atom is -0.488 e. The highest BCUT2D eigenvalue weighted by Crippen LogP contribution is 2.23. The summed E-state index contributed by atoms with van der Waals surface area (Å²) in [4.78, 5) is 66.3. The molecule has 2 rings (SSSR count). The molecule has 2 aromatic rings. The highest BCUT2D eigenvalue weighted by molar-refractivity contribution is 5.93. The second-order valence-corrected chi connectivity index (χ2v) is 14.7. The molecule has 1 N–H and O–H groups in total. The van der Waals surface area contributed by atoms with Crippen LogP contribution in [0.15, 0.2) is 67.3 Å². The topological polar surface area (TPSA) is 134 Å². The van der Waals surface area contributed by atoms with Crippen LogP contribution in [-0.4, -0.2) is 53.4 Å². The molecule has 10 heteroatoms. The summed E-state index contributed by atoms with van der Waals surface area (Å²) in [7, 11) is 0. The number of nitrogens with one attached hydrogen (secondary N) is 1. The van der Waals surface area contributed by atoms with E-state index in [9.17, 15) is 24.0 Å². The molecule has 0 unspecified atom stereocenters. The lowest BCUT2D eigenvalue weighted by atomic mass is 9.87. The van der Waals surface area contributed by atoms with Gasteiger partial charge in [0, 0.05) is 12.8 Å². The van der Waals surface area contributed by atoms with E-state index in [0.717, 1.165) is 11.1 Å². The number of benzene rings is 2. The molecule has 3 atom stereocenters. The highest BCUT2D eigenvalue weighted by atomic mass is 16.6. The van der Waals surface area contributed by atoms with Gasteiger partial charge in [-0.3, -0.25) is 24.0 Å². The van der Waals surface area contributed by atoms with Gasteiger partial charge in [0.1, 0.15) is 30.2 Å². The van der Waals surface area contributed by atoms with Gasteiger partial charge >= 0.3 is 17.9 Å². The molecule has 0 radical (unpaired) electrons. The van der Waals surface area contributed by atoms with E-state index in [4.69, 9.17) is 18.9 Å². The van der Waals surface area contributed by atoms with Crippen LogP contribution in [0, 0.1) is 17.8 Å². The van der Waals surface area contributed by atoms with Gasteiger partial charge in [0.25, 0.3) is 0 Å². The van der Waals surface area contributed by atoms with Crippen molar-refractivity contribution < 1.29 is 42.9 Å². The molecule has 2 aromatic carbocycles. The number of hydrogen-bond acceptors (Lipinski definition) is 9. The van der Waals surface area contributed by atoms with Gasteiger partial charge in [-0.15, -0.1) is 0 Å². The SMILES string of the molecule is C=CCOC(=O)[C@@H](CC(=O)[C@H](CCC(=O)OC(C)(C)C)NC(=O)[C@@H](CC(=O)OCc1ccccc1)Cc1ccc(OC(C)(C)C)cc1)C(C)C. The Bertz CT molecular complexity index is 1420. The second-order valence-electron chi connectivity index (χ2n) is 14.7. The Hall–Kier alpha value is -4.47. The van der Waals surface area contributed by atoms with Crippen LogP contribution in [-0.2, 0) is 51.2 Å². The third-order valence-electron chi connectivity index (χ3n) is 7.49. The first-order valence-corrected chi connectivity index (χ1v) is 17.2. The summed E-state index contributed by atoms with van der Waals surface area (Å²) < 4.78 is 22.1. The summed E-state index contributed by atoms with van der Waals surface area (Å²) in [6, 6.07) is 15.3. The molecular weight excluding hydrogens is 638 g/mol. The van der Waals surface area contributed by atoms with E-state index >= 15 is 0 Å². The van der Waals surface area contributed by atoms with Gasteiger partial charge in [0.15, 0.2) is 5.78 Å². The average molecular weight is 694 g/mol. The molecule has 10 nitrogen and oxygen atoms in total. The molecule has 0 heterocycles. The van der Waals surface area contributed by atoms with Crippen LogP contribution in [0.25, 0.3) is 0 Å². The molecule has 0 bridgehead atoms. The molecule has 0 aliphatic carbocycles. The maximum atomic E-state index is 14.0. The monoisotopic (exact) mass is 693 g/mol. The summed E-state index contributed by atoms with van der Waals surface area (Å²) in [5.41, 5.74) is 0.430. The molecule has 1 amide bonds. The van der Waals surface area contributed by atoms with Crippen molar-refractivity contribution >= 4 is 29.6 Å². The van der Waals surface area contributed by atoms with Crippen molar-refractivity contribution in [2.75, 3.05) is 6.61 Å². The summed E-state index contributed by atoms with van der Waals surface area (Å²) in [5.74, 6) is -3.94. The largest absolute Gasteiger partial charge is 0.488 e. The Kier molecular flexibility index (Phi) is 16.4. The number of ketones is 1. The van der Waals surface area contributed by atoms with Crippen LogP contribution in [0.4, 0.5) is 0 Å². The van der Waals surface area contributed by atoms with Crippen molar-refractivity contribution in [1.29, 1.82) is 0 Å². The fourth-order valence-corrected chi connectivity index (χ4v) is 5.04. The van der Waals surface area contributed by atoms with E-state index in [2.05, 4.69) is 11.9 Å². The fraction of sp³-hybridized carbons (Fsp3) is 0.525. The first-order chi connectivity index (χ1) is 23.4. The van der Waals surface area contributed by atoms with Gasteiger partial charge in [0.2, 0.25) is 5.91 Å². The van der Waals surface area contributed by atoms with Gasteiger partial charge in [-0.05, 0) is 83.6 Å². The summed E-state index contributed by atoms with van der Waals surface area (Å²) in [6.45, 7) is 18.2. The molecule has 0 saturated heterocycles. The Morgan fingerprint density at radius 2 is 1.44 bits per heavy atom. The van der Waals surface area contributed by atoms with Crippen molar-refractivity contribution in [3.05, 3.63) is 78.4 Å². The van der Waals surface area contributed by atoms with Crippen molar-refractivity contribution in [2.24, 2.45) is 17.8 Å². The van der Waals surface area contributed by atoms with E-state index in [1.54, 1.807) is 46.8 Å². The van der Waals surface area contributed by atoms with Crippen LogP contribution in [0.2, 0.25) is 0 Å². The lowest BCUT2D eigenvalue weighted by molar-refractivity contribution is -0.155. The van der Waals surface area contributed by atoms with Gasteiger partial charge in [0.05, 0.1) is 24.3 Å². The molecule has 274 valence electrons. The average Bonchev–Trinajstić information content (AvgIpc) is 3.02. The number of esters is 3. The molecule has 0 aliphatic heterocycles. The minimum atomic E-state index is -1.13. The third kappa shape index (κ3) is 16.3. The van der Waals surface area contributed by atoms with Crippen LogP contribution < -0.4 is 10.1 Å². The lowest BCUT2D eigenvalue weighted by Crippen LogP contribution is -2.46. The predicted molar refractivity (Wildman–Crippen MR) is 191 cm³/mol. The molecule has 0 fully saturated rings. The Morgan fingerprint density at radius 3 is 2.00 bits per heavy atom. The Morgan fingerprint density at radius 1 is 0.800 bits per heavy atom. The van der Waals surface area contributed by atoms with E-state index in [0.29, 0.717) is 5.75 Å². The zero-order valence-electron chi connectivity index (χ0n) is 30.9. The molecule has 50 heavy (non-hydrogen) atoms. The quantitative estimate of drug-likeness (QED) is 0.0967. The van der Waals surface area contributed by atoms with E-state index in [1.807, 2.05) is 63.2 Å². The lowest BCUT2D eigenvalue weighted by Gasteiger charge is -2.25. The predicted octanol–water partition coefficient (Wildman–Crippen LogP) is 6.72. The fourth-order valence-electron chi connectivity index (χ4n) is 5.04. The Labute approximate surface area is 297 Å².